The lowest BCUT2D eigenvalue weighted by Crippen LogP contribution is -2.26. The lowest BCUT2D eigenvalue weighted by Gasteiger charge is -2.04. The van der Waals surface area contributed by atoms with Crippen LogP contribution in [0.4, 0.5) is 17.6 Å². The molecule has 1 aromatic rings. The molecule has 0 aliphatic carbocycles. The average molecular weight is 208 g/mol. The zero-order valence-corrected chi connectivity index (χ0v) is 6.91. The van der Waals surface area contributed by atoms with Gasteiger partial charge in [0.05, 0.1) is 0 Å². The zero-order valence-electron chi connectivity index (χ0n) is 6.91. The first-order chi connectivity index (χ1) is 6.41. The first-order valence-electron chi connectivity index (χ1n) is 3.65. The van der Waals surface area contributed by atoms with E-state index in [4.69, 9.17) is 0 Å². The summed E-state index contributed by atoms with van der Waals surface area (Å²) < 4.78 is 58.6. The van der Waals surface area contributed by atoms with E-state index in [0.717, 1.165) is 6.92 Å². The lowest BCUT2D eigenvalue weighted by molar-refractivity contribution is -0.287. The molecule has 6 heteroatoms. The van der Waals surface area contributed by atoms with Crippen molar-refractivity contribution in [3.63, 3.8) is 0 Å². The molecule has 76 valence electrons. The van der Waals surface area contributed by atoms with Crippen molar-refractivity contribution >= 4 is 0 Å². The molecule has 0 saturated carbocycles. The molecule has 14 heavy (non-hydrogen) atoms. The van der Waals surface area contributed by atoms with Crippen molar-refractivity contribution in [2.24, 2.45) is 0 Å². The summed E-state index contributed by atoms with van der Waals surface area (Å²) in [5.74, 6) is -3.51. The molecule has 1 aliphatic heterocycles. The maximum Gasteiger partial charge on any atom is 0.586 e. The lowest BCUT2D eigenvalue weighted by atomic mass is 10.2. The largest absolute Gasteiger partial charge is 0.586 e. The van der Waals surface area contributed by atoms with E-state index >= 15 is 0 Å². The molecule has 0 atom stereocenters. The Labute approximate surface area is 76.0 Å². The number of fused-ring (bicyclic) bond motifs is 1. The molecular formula is C8H4F4O2. The Morgan fingerprint density at radius 2 is 1.86 bits per heavy atom. The van der Waals surface area contributed by atoms with Gasteiger partial charge in [-0.1, -0.05) is 0 Å². The van der Waals surface area contributed by atoms with Crippen LogP contribution in [0.1, 0.15) is 5.56 Å². The first-order valence-corrected chi connectivity index (χ1v) is 3.65. The standard InChI is InChI=1S/C8H4F4O2/c1-3-4(9)2-5-7(6(3)10)14-8(11,12)13-5/h2H,1H3. The second-order valence-electron chi connectivity index (χ2n) is 2.79. The minimum atomic E-state index is -3.93. The Hall–Kier alpha value is -1.46. The van der Waals surface area contributed by atoms with Crippen molar-refractivity contribution in [3.05, 3.63) is 23.3 Å². The highest BCUT2D eigenvalue weighted by molar-refractivity contribution is 5.47. The average Bonchev–Trinajstić information content (AvgIpc) is 2.37. The summed E-state index contributed by atoms with van der Waals surface area (Å²) in [6.07, 6.45) is -3.93. The predicted octanol–water partition coefficient (Wildman–Crippen LogP) is 2.59. The van der Waals surface area contributed by atoms with E-state index in [1.165, 1.54) is 0 Å². The number of hydrogen-bond donors (Lipinski definition) is 0. The highest BCUT2D eigenvalue weighted by Gasteiger charge is 2.45. The van der Waals surface area contributed by atoms with Crippen molar-refractivity contribution in [1.82, 2.24) is 0 Å². The van der Waals surface area contributed by atoms with Gasteiger partial charge in [0.15, 0.2) is 11.6 Å². The fourth-order valence-electron chi connectivity index (χ4n) is 1.11. The van der Waals surface area contributed by atoms with Crippen molar-refractivity contribution in [2.45, 2.75) is 13.2 Å². The maximum atomic E-state index is 13.1. The molecule has 0 N–H and O–H groups in total. The second-order valence-corrected chi connectivity index (χ2v) is 2.79. The summed E-state index contributed by atoms with van der Waals surface area (Å²) >= 11 is 0. The Morgan fingerprint density at radius 1 is 1.21 bits per heavy atom. The molecule has 0 saturated heterocycles. The van der Waals surface area contributed by atoms with Crippen LogP contribution in [0, 0.1) is 18.6 Å². The molecule has 0 radical (unpaired) electrons. The summed E-state index contributed by atoms with van der Waals surface area (Å²) in [4.78, 5) is 0. The summed E-state index contributed by atoms with van der Waals surface area (Å²) in [5.41, 5.74) is -0.384. The van der Waals surface area contributed by atoms with Gasteiger partial charge in [-0.2, -0.15) is 0 Å². The normalized spacial score (nSPS) is 17.2. The van der Waals surface area contributed by atoms with Gasteiger partial charge >= 0.3 is 6.29 Å². The number of ether oxygens (including phenoxy) is 2. The Kier molecular flexibility index (Phi) is 1.64. The van der Waals surface area contributed by atoms with Gasteiger partial charge in [-0.25, -0.2) is 8.78 Å². The molecule has 0 spiro atoms. The second kappa shape index (κ2) is 2.52. The summed E-state index contributed by atoms with van der Waals surface area (Å²) in [5, 5.41) is 0. The van der Waals surface area contributed by atoms with Gasteiger partial charge in [-0.05, 0) is 6.92 Å². The van der Waals surface area contributed by atoms with E-state index in [2.05, 4.69) is 9.47 Å². The van der Waals surface area contributed by atoms with Crippen LogP contribution in [0.5, 0.6) is 11.5 Å². The van der Waals surface area contributed by atoms with Crippen molar-refractivity contribution in [3.8, 4) is 11.5 Å². The third-order valence-corrected chi connectivity index (χ3v) is 1.82. The van der Waals surface area contributed by atoms with Crippen LogP contribution < -0.4 is 9.47 Å². The summed E-state index contributed by atoms with van der Waals surface area (Å²) in [6.45, 7) is 1.12. The predicted molar refractivity (Wildman–Crippen MR) is 37.3 cm³/mol. The van der Waals surface area contributed by atoms with E-state index in [-0.39, 0.29) is 5.56 Å². The van der Waals surface area contributed by atoms with Gasteiger partial charge in [0, 0.05) is 11.6 Å². The van der Waals surface area contributed by atoms with Gasteiger partial charge < -0.3 is 9.47 Å². The van der Waals surface area contributed by atoms with Gasteiger partial charge in [0.1, 0.15) is 5.82 Å². The molecule has 2 nitrogen and oxygen atoms in total. The van der Waals surface area contributed by atoms with Crippen LogP contribution in [-0.2, 0) is 0 Å². The fraction of sp³-hybridized carbons (Fsp3) is 0.250. The molecule has 0 unspecified atom stereocenters. The first kappa shape index (κ1) is 9.11. The molecule has 1 aromatic carbocycles. The minimum Gasteiger partial charge on any atom is -0.395 e. The van der Waals surface area contributed by atoms with E-state index in [1.807, 2.05) is 0 Å². The topological polar surface area (TPSA) is 18.5 Å². The molecule has 0 fully saturated rings. The van der Waals surface area contributed by atoms with Gasteiger partial charge in [-0.15, -0.1) is 8.78 Å². The van der Waals surface area contributed by atoms with E-state index in [0.29, 0.717) is 6.07 Å². The zero-order chi connectivity index (χ0) is 10.5. The third-order valence-electron chi connectivity index (χ3n) is 1.82. The van der Waals surface area contributed by atoms with Crippen LogP contribution in [0.15, 0.2) is 6.07 Å². The van der Waals surface area contributed by atoms with Crippen LogP contribution in [0.2, 0.25) is 0 Å². The number of benzene rings is 1. The smallest absolute Gasteiger partial charge is 0.395 e. The minimum absolute atomic E-state index is 0.384. The van der Waals surface area contributed by atoms with E-state index in [9.17, 15) is 17.6 Å². The van der Waals surface area contributed by atoms with Crippen molar-refractivity contribution in [1.29, 1.82) is 0 Å². The van der Waals surface area contributed by atoms with E-state index in [1.54, 1.807) is 0 Å². The third kappa shape index (κ3) is 1.18. The number of rotatable bonds is 0. The molecule has 1 heterocycles. The van der Waals surface area contributed by atoms with Crippen molar-refractivity contribution in [2.75, 3.05) is 0 Å². The molecule has 0 amide bonds. The molecule has 1 aliphatic rings. The van der Waals surface area contributed by atoms with Crippen LogP contribution >= 0.6 is 0 Å². The number of hydrogen-bond acceptors (Lipinski definition) is 2. The summed E-state index contributed by atoms with van der Waals surface area (Å²) in [7, 11) is 0. The maximum absolute atomic E-state index is 13.1. The Morgan fingerprint density at radius 3 is 2.50 bits per heavy atom. The fourth-order valence-corrected chi connectivity index (χ4v) is 1.11. The quantitative estimate of drug-likeness (QED) is 0.610. The Bertz CT molecular complexity index is 403. The highest BCUT2D eigenvalue weighted by atomic mass is 19.3. The molecule has 0 bridgehead atoms. The van der Waals surface area contributed by atoms with Crippen LogP contribution in [0.3, 0.4) is 0 Å². The number of halogens is 4. The van der Waals surface area contributed by atoms with Crippen LogP contribution in [0.25, 0.3) is 0 Å². The molecular weight excluding hydrogens is 204 g/mol. The van der Waals surface area contributed by atoms with Gasteiger partial charge in [-0.3, -0.25) is 0 Å². The van der Waals surface area contributed by atoms with Gasteiger partial charge in [0.25, 0.3) is 0 Å². The monoisotopic (exact) mass is 208 g/mol. The SMILES string of the molecule is Cc1c(F)cc2c(c1F)OC(F)(F)O2. The van der Waals surface area contributed by atoms with Crippen LogP contribution in [-0.4, -0.2) is 6.29 Å². The number of alkyl halides is 2. The molecule has 2 rings (SSSR count). The highest BCUT2D eigenvalue weighted by Crippen LogP contribution is 2.44. The Balaban J connectivity index is 2.59. The van der Waals surface area contributed by atoms with E-state index < -0.39 is 29.4 Å². The summed E-state index contributed by atoms with van der Waals surface area (Å²) in [6, 6.07) is 0.661. The molecule has 0 aromatic heterocycles. The van der Waals surface area contributed by atoms with Crippen molar-refractivity contribution < 1.29 is 27.0 Å². The van der Waals surface area contributed by atoms with Gasteiger partial charge in [0.2, 0.25) is 5.75 Å².